The SMILES string of the molecule is Cc1ccc(CSc2ccc(C(F)(F)F)cc2N)cc1. The first-order valence-corrected chi connectivity index (χ1v) is 7.00. The zero-order valence-corrected chi connectivity index (χ0v) is 11.7. The summed E-state index contributed by atoms with van der Waals surface area (Å²) in [5.74, 6) is 0.676. The quantitative estimate of drug-likeness (QED) is 0.645. The van der Waals surface area contributed by atoms with Gasteiger partial charge in [0.2, 0.25) is 0 Å². The minimum atomic E-state index is -4.35. The standard InChI is InChI=1S/C15H14F3NS/c1-10-2-4-11(5-3-10)9-20-14-7-6-12(8-13(14)19)15(16,17)18/h2-8H,9,19H2,1H3. The van der Waals surface area contributed by atoms with Gasteiger partial charge in [0.1, 0.15) is 0 Å². The number of nitrogens with two attached hydrogens (primary N) is 1. The molecule has 106 valence electrons. The Morgan fingerprint density at radius 3 is 2.25 bits per heavy atom. The number of hydrogen-bond donors (Lipinski definition) is 1. The van der Waals surface area contributed by atoms with Crippen LogP contribution in [0.2, 0.25) is 0 Å². The molecule has 0 aliphatic carbocycles. The largest absolute Gasteiger partial charge is 0.416 e. The Labute approximate surface area is 120 Å². The lowest BCUT2D eigenvalue weighted by Crippen LogP contribution is -2.05. The lowest BCUT2D eigenvalue weighted by atomic mass is 10.2. The van der Waals surface area contributed by atoms with Crippen molar-refractivity contribution in [3.05, 3.63) is 59.2 Å². The van der Waals surface area contributed by atoms with Gasteiger partial charge in [-0.05, 0) is 30.7 Å². The predicted molar refractivity (Wildman–Crippen MR) is 76.6 cm³/mol. The van der Waals surface area contributed by atoms with Crippen LogP contribution in [0.25, 0.3) is 0 Å². The number of rotatable bonds is 3. The Bertz CT molecular complexity index is 591. The Balaban J connectivity index is 2.08. The molecule has 2 aromatic carbocycles. The van der Waals surface area contributed by atoms with Gasteiger partial charge in [0.15, 0.2) is 0 Å². The third kappa shape index (κ3) is 3.70. The molecule has 0 aliphatic rings. The smallest absolute Gasteiger partial charge is 0.398 e. The second kappa shape index (κ2) is 5.79. The van der Waals surface area contributed by atoms with Crippen LogP contribution in [-0.4, -0.2) is 0 Å². The van der Waals surface area contributed by atoms with Crippen LogP contribution in [0.1, 0.15) is 16.7 Å². The summed E-state index contributed by atoms with van der Waals surface area (Å²) in [6.07, 6.45) is -4.35. The maximum absolute atomic E-state index is 12.5. The van der Waals surface area contributed by atoms with E-state index < -0.39 is 11.7 Å². The minimum absolute atomic E-state index is 0.164. The summed E-state index contributed by atoms with van der Waals surface area (Å²) < 4.78 is 37.6. The highest BCUT2D eigenvalue weighted by atomic mass is 32.2. The molecule has 20 heavy (non-hydrogen) atoms. The fraction of sp³-hybridized carbons (Fsp3) is 0.200. The van der Waals surface area contributed by atoms with Crippen molar-refractivity contribution in [1.29, 1.82) is 0 Å². The van der Waals surface area contributed by atoms with E-state index >= 15 is 0 Å². The molecule has 0 heterocycles. The molecular formula is C15H14F3NS. The summed E-state index contributed by atoms with van der Waals surface area (Å²) in [6.45, 7) is 2.00. The van der Waals surface area contributed by atoms with Crippen LogP contribution in [0.15, 0.2) is 47.4 Å². The number of anilines is 1. The molecule has 0 aromatic heterocycles. The third-order valence-electron chi connectivity index (χ3n) is 2.85. The summed E-state index contributed by atoms with van der Waals surface area (Å²) >= 11 is 1.43. The highest BCUT2D eigenvalue weighted by molar-refractivity contribution is 7.98. The zero-order chi connectivity index (χ0) is 14.8. The number of thioether (sulfide) groups is 1. The maximum atomic E-state index is 12.5. The second-order valence-electron chi connectivity index (χ2n) is 4.52. The molecule has 1 nitrogen and oxygen atoms in total. The van der Waals surface area contributed by atoms with Gasteiger partial charge in [-0.3, -0.25) is 0 Å². The van der Waals surface area contributed by atoms with Gasteiger partial charge in [-0.2, -0.15) is 13.2 Å². The Kier molecular flexibility index (Phi) is 4.28. The first-order valence-electron chi connectivity index (χ1n) is 6.01. The third-order valence-corrected chi connectivity index (χ3v) is 4.01. The average Bonchev–Trinajstić information content (AvgIpc) is 2.38. The predicted octanol–water partition coefficient (Wildman–Crippen LogP) is 4.89. The molecule has 2 rings (SSSR count). The van der Waals surface area contributed by atoms with Crippen LogP contribution in [0.3, 0.4) is 0 Å². The van der Waals surface area contributed by atoms with Crippen molar-refractivity contribution < 1.29 is 13.2 Å². The van der Waals surface area contributed by atoms with Gasteiger partial charge in [-0.15, -0.1) is 11.8 Å². The molecule has 2 N–H and O–H groups in total. The van der Waals surface area contributed by atoms with Crippen LogP contribution in [-0.2, 0) is 11.9 Å². The molecule has 0 unspecified atom stereocenters. The molecule has 2 aromatic rings. The van der Waals surface area contributed by atoms with Crippen LogP contribution >= 0.6 is 11.8 Å². The maximum Gasteiger partial charge on any atom is 0.416 e. The van der Waals surface area contributed by atoms with Crippen LogP contribution in [0, 0.1) is 6.92 Å². The Morgan fingerprint density at radius 2 is 1.70 bits per heavy atom. The van der Waals surface area contributed by atoms with Crippen LogP contribution < -0.4 is 5.73 Å². The summed E-state index contributed by atoms with van der Waals surface area (Å²) in [7, 11) is 0. The Hall–Kier alpha value is -1.62. The van der Waals surface area contributed by atoms with Crippen LogP contribution in [0.4, 0.5) is 18.9 Å². The van der Waals surface area contributed by atoms with Gasteiger partial charge in [-0.1, -0.05) is 29.8 Å². The molecule has 5 heteroatoms. The summed E-state index contributed by atoms with van der Waals surface area (Å²) in [5.41, 5.74) is 7.42. The number of aryl methyl sites for hydroxylation is 1. The van der Waals surface area contributed by atoms with E-state index in [4.69, 9.17) is 5.73 Å². The molecule has 0 saturated carbocycles. The molecule has 0 radical (unpaired) electrons. The lowest BCUT2D eigenvalue weighted by molar-refractivity contribution is -0.137. The molecular weight excluding hydrogens is 283 g/mol. The molecule has 0 amide bonds. The highest BCUT2D eigenvalue weighted by Gasteiger charge is 2.30. The van der Waals surface area contributed by atoms with E-state index in [1.165, 1.54) is 23.4 Å². The van der Waals surface area contributed by atoms with Gasteiger partial charge in [0, 0.05) is 16.3 Å². The van der Waals surface area contributed by atoms with Gasteiger partial charge in [-0.25, -0.2) is 0 Å². The van der Waals surface area contributed by atoms with Gasteiger partial charge in [0.25, 0.3) is 0 Å². The molecule has 0 aliphatic heterocycles. The van der Waals surface area contributed by atoms with E-state index in [0.29, 0.717) is 10.6 Å². The lowest BCUT2D eigenvalue weighted by Gasteiger charge is -2.10. The number of nitrogen functional groups attached to an aromatic ring is 1. The number of hydrogen-bond acceptors (Lipinski definition) is 2. The fourth-order valence-corrected chi connectivity index (χ4v) is 2.61. The molecule has 0 atom stereocenters. The van der Waals surface area contributed by atoms with Gasteiger partial charge in [0.05, 0.1) is 5.56 Å². The zero-order valence-electron chi connectivity index (χ0n) is 10.9. The topological polar surface area (TPSA) is 26.0 Å². The summed E-state index contributed by atoms with van der Waals surface area (Å²) in [4.78, 5) is 0.665. The van der Waals surface area contributed by atoms with Crippen molar-refractivity contribution in [2.75, 3.05) is 5.73 Å². The molecule has 0 bridgehead atoms. The number of halogens is 3. The van der Waals surface area contributed by atoms with Crippen molar-refractivity contribution in [1.82, 2.24) is 0 Å². The van der Waals surface area contributed by atoms with Crippen molar-refractivity contribution in [3.8, 4) is 0 Å². The normalized spacial score (nSPS) is 11.6. The molecule has 0 spiro atoms. The Morgan fingerprint density at radius 1 is 1.05 bits per heavy atom. The van der Waals surface area contributed by atoms with Gasteiger partial charge >= 0.3 is 6.18 Å². The van der Waals surface area contributed by atoms with E-state index in [1.54, 1.807) is 0 Å². The van der Waals surface area contributed by atoms with E-state index in [1.807, 2.05) is 31.2 Å². The van der Waals surface area contributed by atoms with E-state index in [-0.39, 0.29) is 5.69 Å². The first kappa shape index (κ1) is 14.8. The van der Waals surface area contributed by atoms with Gasteiger partial charge < -0.3 is 5.73 Å². The summed E-state index contributed by atoms with van der Waals surface area (Å²) in [6, 6.07) is 11.5. The van der Waals surface area contributed by atoms with E-state index in [0.717, 1.165) is 17.7 Å². The van der Waals surface area contributed by atoms with E-state index in [2.05, 4.69) is 0 Å². The van der Waals surface area contributed by atoms with E-state index in [9.17, 15) is 13.2 Å². The monoisotopic (exact) mass is 297 g/mol. The first-order chi connectivity index (χ1) is 9.36. The second-order valence-corrected chi connectivity index (χ2v) is 5.54. The number of benzene rings is 2. The highest BCUT2D eigenvalue weighted by Crippen LogP contribution is 2.35. The van der Waals surface area contributed by atoms with Crippen molar-refractivity contribution in [3.63, 3.8) is 0 Å². The summed E-state index contributed by atoms with van der Waals surface area (Å²) in [5, 5.41) is 0. The van der Waals surface area contributed by atoms with Crippen LogP contribution in [0.5, 0.6) is 0 Å². The number of alkyl halides is 3. The van der Waals surface area contributed by atoms with Crippen molar-refractivity contribution in [2.24, 2.45) is 0 Å². The van der Waals surface area contributed by atoms with Crippen molar-refractivity contribution in [2.45, 2.75) is 23.7 Å². The molecule has 0 fully saturated rings. The fourth-order valence-electron chi connectivity index (χ4n) is 1.70. The van der Waals surface area contributed by atoms with Crippen molar-refractivity contribution >= 4 is 17.4 Å². The minimum Gasteiger partial charge on any atom is -0.398 e. The average molecular weight is 297 g/mol. The molecule has 0 saturated heterocycles.